The van der Waals surface area contributed by atoms with Crippen molar-refractivity contribution in [1.82, 2.24) is 4.98 Å². The maximum atomic E-state index is 13.4. The first-order valence-electron chi connectivity index (χ1n) is 12.5. The number of benzene rings is 4. The zero-order valence-electron chi connectivity index (χ0n) is 21.4. The van der Waals surface area contributed by atoms with Crippen LogP contribution < -0.4 is 10.6 Å². The van der Waals surface area contributed by atoms with Crippen LogP contribution in [-0.4, -0.2) is 22.0 Å². The average Bonchev–Trinajstić information content (AvgIpc) is 3.34. The number of hydrogen-bond acceptors (Lipinski definition) is 5. The predicted molar refractivity (Wildman–Crippen MR) is 153 cm³/mol. The van der Waals surface area contributed by atoms with Crippen molar-refractivity contribution in [3.8, 4) is 0 Å². The van der Waals surface area contributed by atoms with Gasteiger partial charge in [-0.05, 0) is 71.6 Å². The van der Waals surface area contributed by atoms with Crippen LogP contribution in [-0.2, 0) is 16.0 Å². The van der Waals surface area contributed by atoms with E-state index in [2.05, 4.69) is 15.6 Å². The highest BCUT2D eigenvalue weighted by atomic mass is 35.5. The number of para-hydroxylation sites is 1. The Balaban J connectivity index is 1.32. The highest BCUT2D eigenvalue weighted by molar-refractivity contribution is 6.33. The second kappa shape index (κ2) is 11.6. The smallest absolute Gasteiger partial charge is 0.304 e. The SMILES string of the molecule is Cc1c(CC(=O)Nc2cccc(C(CC(=O)O)c3ccc(F)cc3)c2)ccc2nc(Nc3ccccc3Cl)oc12. The zero-order chi connectivity index (χ0) is 28.2. The summed E-state index contributed by atoms with van der Waals surface area (Å²) in [4.78, 5) is 29.0. The van der Waals surface area contributed by atoms with E-state index in [4.69, 9.17) is 16.0 Å². The first kappa shape index (κ1) is 26.9. The molecule has 0 spiro atoms. The lowest BCUT2D eigenvalue weighted by atomic mass is 9.88. The highest BCUT2D eigenvalue weighted by Gasteiger charge is 2.19. The molecule has 0 aliphatic rings. The normalized spacial score (nSPS) is 11.8. The number of carboxylic acid groups (broad SMARTS) is 1. The summed E-state index contributed by atoms with van der Waals surface area (Å²) in [5.74, 6) is -2.12. The van der Waals surface area contributed by atoms with Gasteiger partial charge in [0.05, 0.1) is 23.6 Å². The minimum absolute atomic E-state index is 0.0937. The molecule has 0 fully saturated rings. The molecule has 0 aliphatic carbocycles. The molecule has 0 saturated heterocycles. The van der Waals surface area contributed by atoms with Gasteiger partial charge in [0.1, 0.15) is 11.3 Å². The van der Waals surface area contributed by atoms with Crippen molar-refractivity contribution in [2.45, 2.75) is 25.7 Å². The molecule has 1 aromatic heterocycles. The molecule has 7 nitrogen and oxygen atoms in total. The Kier molecular flexibility index (Phi) is 7.79. The van der Waals surface area contributed by atoms with Crippen LogP contribution in [0.2, 0.25) is 5.02 Å². The Hall–Kier alpha value is -4.69. The van der Waals surface area contributed by atoms with Crippen molar-refractivity contribution in [3.05, 3.63) is 118 Å². The van der Waals surface area contributed by atoms with Gasteiger partial charge in [0, 0.05) is 11.6 Å². The fourth-order valence-electron chi connectivity index (χ4n) is 4.60. The van der Waals surface area contributed by atoms with Crippen LogP contribution >= 0.6 is 11.6 Å². The zero-order valence-corrected chi connectivity index (χ0v) is 22.2. The molecular weight excluding hydrogens is 533 g/mol. The van der Waals surface area contributed by atoms with Gasteiger partial charge in [-0.2, -0.15) is 4.98 Å². The molecule has 0 aliphatic heterocycles. The second-order valence-corrected chi connectivity index (χ2v) is 9.78. The van der Waals surface area contributed by atoms with E-state index in [1.807, 2.05) is 31.2 Å². The van der Waals surface area contributed by atoms with Crippen molar-refractivity contribution < 1.29 is 23.5 Å². The Labute approximate surface area is 234 Å². The fraction of sp³-hybridized carbons (Fsp3) is 0.129. The standard InChI is InChI=1S/C31H25ClFN3O4/c1-18-20(11-14-27-30(18)40-31(36-27)35-26-8-3-2-7-25(26)32)16-28(37)34-23-6-4-5-21(15-23)24(17-29(38)39)19-9-12-22(33)13-10-19/h2-15,24H,16-17H2,1H3,(H,34,37)(H,35,36)(H,38,39). The number of hydrogen-bond donors (Lipinski definition) is 3. The third kappa shape index (κ3) is 6.13. The van der Waals surface area contributed by atoms with E-state index in [1.165, 1.54) is 12.1 Å². The van der Waals surface area contributed by atoms with Crippen LogP contribution in [0.5, 0.6) is 0 Å². The summed E-state index contributed by atoms with van der Waals surface area (Å²) in [6.45, 7) is 1.87. The van der Waals surface area contributed by atoms with Crippen LogP contribution in [0.15, 0.2) is 89.3 Å². The molecule has 4 aromatic carbocycles. The summed E-state index contributed by atoms with van der Waals surface area (Å²) in [7, 11) is 0. The van der Waals surface area contributed by atoms with Gasteiger partial charge in [-0.25, -0.2) is 4.39 Å². The maximum Gasteiger partial charge on any atom is 0.304 e. The first-order chi connectivity index (χ1) is 19.3. The van der Waals surface area contributed by atoms with Gasteiger partial charge >= 0.3 is 5.97 Å². The molecule has 0 radical (unpaired) electrons. The third-order valence-electron chi connectivity index (χ3n) is 6.61. The molecule has 1 heterocycles. The van der Waals surface area contributed by atoms with Crippen LogP contribution in [0, 0.1) is 12.7 Å². The van der Waals surface area contributed by atoms with Gasteiger partial charge in [0.2, 0.25) is 5.91 Å². The lowest BCUT2D eigenvalue weighted by molar-refractivity contribution is -0.137. The number of nitrogens with zero attached hydrogens (tertiary/aromatic N) is 1. The van der Waals surface area contributed by atoms with Crippen molar-refractivity contribution in [3.63, 3.8) is 0 Å². The number of aliphatic carboxylic acids is 1. The summed E-state index contributed by atoms with van der Waals surface area (Å²) in [5.41, 5.74) is 5.35. The number of oxazole rings is 1. The highest BCUT2D eigenvalue weighted by Crippen LogP contribution is 2.31. The molecule has 5 rings (SSSR count). The van der Waals surface area contributed by atoms with Crippen LogP contribution in [0.25, 0.3) is 11.1 Å². The molecule has 1 atom stereocenters. The van der Waals surface area contributed by atoms with E-state index >= 15 is 0 Å². The largest absolute Gasteiger partial charge is 0.481 e. The number of rotatable bonds is 9. The summed E-state index contributed by atoms with van der Waals surface area (Å²) in [6, 6.07) is 24.0. The number of carboxylic acids is 1. The lowest BCUT2D eigenvalue weighted by Gasteiger charge is -2.17. The van der Waals surface area contributed by atoms with E-state index in [0.717, 1.165) is 11.1 Å². The number of carbonyl (C=O) groups excluding carboxylic acids is 1. The van der Waals surface area contributed by atoms with Gasteiger partial charge in [-0.1, -0.05) is 54.1 Å². The van der Waals surface area contributed by atoms with Gasteiger partial charge in [0.25, 0.3) is 6.01 Å². The number of aromatic nitrogens is 1. The Morgan fingerprint density at radius 1 is 1.00 bits per heavy atom. The van der Waals surface area contributed by atoms with Gasteiger partial charge < -0.3 is 20.2 Å². The summed E-state index contributed by atoms with van der Waals surface area (Å²) >= 11 is 6.22. The summed E-state index contributed by atoms with van der Waals surface area (Å²) < 4.78 is 19.4. The quantitative estimate of drug-likeness (QED) is 0.174. The maximum absolute atomic E-state index is 13.4. The van der Waals surface area contributed by atoms with E-state index < -0.39 is 17.7 Å². The number of nitrogens with one attached hydrogen (secondary N) is 2. The Bertz CT molecular complexity index is 1700. The predicted octanol–water partition coefficient (Wildman–Crippen LogP) is 7.46. The van der Waals surface area contributed by atoms with E-state index in [1.54, 1.807) is 48.5 Å². The van der Waals surface area contributed by atoms with Gasteiger partial charge in [-0.3, -0.25) is 9.59 Å². The number of aryl methyl sites for hydroxylation is 1. The van der Waals surface area contributed by atoms with Gasteiger partial charge in [0.15, 0.2) is 5.58 Å². The summed E-state index contributed by atoms with van der Waals surface area (Å²) in [5, 5.41) is 16.0. The lowest BCUT2D eigenvalue weighted by Crippen LogP contribution is -2.15. The third-order valence-corrected chi connectivity index (χ3v) is 6.94. The van der Waals surface area contributed by atoms with E-state index in [0.29, 0.717) is 44.6 Å². The molecule has 202 valence electrons. The van der Waals surface area contributed by atoms with Crippen LogP contribution in [0.3, 0.4) is 0 Å². The van der Waals surface area contributed by atoms with Crippen molar-refractivity contribution in [2.75, 3.05) is 10.6 Å². The number of carbonyl (C=O) groups is 2. The number of fused-ring (bicyclic) bond motifs is 1. The topological polar surface area (TPSA) is 104 Å². The molecule has 3 N–H and O–H groups in total. The number of amides is 1. The fourth-order valence-corrected chi connectivity index (χ4v) is 4.78. The monoisotopic (exact) mass is 557 g/mol. The van der Waals surface area contributed by atoms with Gasteiger partial charge in [-0.15, -0.1) is 0 Å². The minimum atomic E-state index is -0.979. The van der Waals surface area contributed by atoms with Crippen LogP contribution in [0.1, 0.15) is 34.6 Å². The van der Waals surface area contributed by atoms with Crippen molar-refractivity contribution >= 4 is 52.0 Å². The Morgan fingerprint density at radius 2 is 1.77 bits per heavy atom. The van der Waals surface area contributed by atoms with E-state index in [9.17, 15) is 19.1 Å². The molecular formula is C31H25ClFN3O4. The molecule has 9 heteroatoms. The number of anilines is 3. The molecule has 1 amide bonds. The molecule has 1 unspecified atom stereocenters. The first-order valence-corrected chi connectivity index (χ1v) is 12.9. The van der Waals surface area contributed by atoms with Crippen LogP contribution in [0.4, 0.5) is 21.8 Å². The Morgan fingerprint density at radius 3 is 2.52 bits per heavy atom. The van der Waals surface area contributed by atoms with Crippen molar-refractivity contribution in [1.29, 1.82) is 0 Å². The molecule has 0 saturated carbocycles. The average molecular weight is 558 g/mol. The summed E-state index contributed by atoms with van der Waals surface area (Å²) in [6.07, 6.45) is -0.0801. The van der Waals surface area contributed by atoms with Crippen molar-refractivity contribution in [2.24, 2.45) is 0 Å². The number of halogens is 2. The second-order valence-electron chi connectivity index (χ2n) is 9.37. The molecule has 0 bridgehead atoms. The van der Waals surface area contributed by atoms with E-state index in [-0.39, 0.29) is 18.7 Å². The molecule has 40 heavy (non-hydrogen) atoms. The minimum Gasteiger partial charge on any atom is -0.481 e. The molecule has 5 aromatic rings.